The molecule has 1 amide bonds. The van der Waals surface area contributed by atoms with Crippen LogP contribution in [-0.4, -0.2) is 35.4 Å². The number of aryl methyl sites for hydroxylation is 1. The van der Waals surface area contributed by atoms with Gasteiger partial charge in [0.05, 0.1) is 0 Å². The lowest BCUT2D eigenvalue weighted by molar-refractivity contribution is 0.0713. The van der Waals surface area contributed by atoms with E-state index in [0.717, 1.165) is 49.4 Å². The van der Waals surface area contributed by atoms with Gasteiger partial charge in [-0.1, -0.05) is 67.3 Å². The number of carbonyl (C=O) groups excluding carboxylic acids is 1. The van der Waals surface area contributed by atoms with E-state index in [-0.39, 0.29) is 11.9 Å². The average Bonchev–Trinajstić information content (AvgIpc) is 2.93. The highest BCUT2D eigenvalue weighted by atomic mass is 35.5. The Labute approximate surface area is 220 Å². The Balaban J connectivity index is 1.16. The number of benzene rings is 2. The van der Waals surface area contributed by atoms with Gasteiger partial charge in [0.2, 0.25) is 0 Å². The van der Waals surface area contributed by atoms with Crippen molar-refractivity contribution >= 4 is 17.5 Å². The minimum absolute atomic E-state index is 0.0189. The fourth-order valence-electron chi connectivity index (χ4n) is 5.72. The number of aromatic nitrogens is 1. The number of nitrogens with one attached hydrogen (secondary N) is 1. The molecule has 1 heterocycles. The SMILES string of the molecule is CN(C(=O)c1ccc(-c2ccc(Cl)cc2)cn1)C1CCc2cc(CNCC3CCCCC3)ccc2C1. The number of hydrogen-bond donors (Lipinski definition) is 1. The third kappa shape index (κ3) is 5.99. The van der Waals surface area contributed by atoms with Crippen LogP contribution < -0.4 is 5.32 Å². The summed E-state index contributed by atoms with van der Waals surface area (Å²) in [7, 11) is 1.91. The molecule has 1 saturated carbocycles. The molecule has 1 aromatic heterocycles. The monoisotopic (exact) mass is 501 g/mol. The summed E-state index contributed by atoms with van der Waals surface area (Å²) in [4.78, 5) is 19.6. The van der Waals surface area contributed by atoms with Crippen molar-refractivity contribution in [1.82, 2.24) is 15.2 Å². The molecule has 2 aliphatic carbocycles. The highest BCUT2D eigenvalue weighted by Crippen LogP contribution is 2.27. The second kappa shape index (κ2) is 11.6. The summed E-state index contributed by atoms with van der Waals surface area (Å²) in [5, 5.41) is 4.39. The van der Waals surface area contributed by atoms with Gasteiger partial charge in [-0.3, -0.25) is 9.78 Å². The lowest BCUT2D eigenvalue weighted by atomic mass is 9.86. The molecule has 1 atom stereocenters. The Morgan fingerprint density at radius 3 is 2.50 bits per heavy atom. The zero-order chi connectivity index (χ0) is 24.9. The summed E-state index contributed by atoms with van der Waals surface area (Å²) in [5.41, 5.74) is 6.67. The van der Waals surface area contributed by atoms with E-state index >= 15 is 0 Å². The zero-order valence-corrected chi connectivity index (χ0v) is 21.9. The first-order chi connectivity index (χ1) is 17.6. The van der Waals surface area contributed by atoms with Crippen LogP contribution in [0.4, 0.5) is 0 Å². The van der Waals surface area contributed by atoms with Crippen LogP contribution in [0.25, 0.3) is 11.1 Å². The molecule has 36 heavy (non-hydrogen) atoms. The summed E-state index contributed by atoms with van der Waals surface area (Å²) in [5.74, 6) is 0.836. The third-order valence-electron chi connectivity index (χ3n) is 7.99. The first kappa shape index (κ1) is 25.0. The van der Waals surface area contributed by atoms with Crippen LogP contribution in [0.1, 0.15) is 65.7 Å². The van der Waals surface area contributed by atoms with E-state index in [1.165, 1.54) is 48.8 Å². The van der Waals surface area contributed by atoms with Crippen LogP contribution in [0.15, 0.2) is 60.8 Å². The highest BCUT2D eigenvalue weighted by molar-refractivity contribution is 6.30. The van der Waals surface area contributed by atoms with Crippen molar-refractivity contribution < 1.29 is 4.79 Å². The summed E-state index contributed by atoms with van der Waals surface area (Å²) >= 11 is 5.99. The molecule has 188 valence electrons. The van der Waals surface area contributed by atoms with Crippen LogP contribution in [0.2, 0.25) is 5.02 Å². The Hall–Kier alpha value is -2.69. The van der Waals surface area contributed by atoms with Crippen molar-refractivity contribution in [2.75, 3.05) is 13.6 Å². The smallest absolute Gasteiger partial charge is 0.272 e. The maximum atomic E-state index is 13.2. The standard InChI is InChI=1S/C31H36ClN3O/c1-35(31(36)30-16-12-27(21-34-30)24-9-13-28(32)14-10-24)29-15-11-25-17-23(7-8-26(25)18-29)20-33-19-22-5-3-2-4-6-22/h7-10,12-14,16-17,21-22,29,33H,2-6,11,15,18-20H2,1H3. The molecule has 1 fully saturated rings. The van der Waals surface area contributed by atoms with Crippen LogP contribution in [-0.2, 0) is 19.4 Å². The summed E-state index contributed by atoms with van der Waals surface area (Å²) in [6.07, 6.45) is 11.6. The van der Waals surface area contributed by atoms with Crippen molar-refractivity contribution in [2.24, 2.45) is 5.92 Å². The Morgan fingerprint density at radius 1 is 0.972 bits per heavy atom. The molecule has 2 aromatic carbocycles. The second-order valence-corrected chi connectivity index (χ2v) is 10.9. The number of carbonyl (C=O) groups is 1. The van der Waals surface area contributed by atoms with Crippen molar-refractivity contribution in [3.05, 3.63) is 88.2 Å². The lowest BCUT2D eigenvalue weighted by Gasteiger charge is -2.32. The number of rotatable bonds is 7. The molecule has 0 spiro atoms. The van der Waals surface area contributed by atoms with Gasteiger partial charge in [0.25, 0.3) is 5.91 Å². The van der Waals surface area contributed by atoms with Gasteiger partial charge in [0.1, 0.15) is 5.69 Å². The highest BCUT2D eigenvalue weighted by Gasteiger charge is 2.26. The van der Waals surface area contributed by atoms with Gasteiger partial charge in [0.15, 0.2) is 0 Å². The predicted octanol–water partition coefficient (Wildman–Crippen LogP) is 6.70. The topological polar surface area (TPSA) is 45.2 Å². The van der Waals surface area contributed by atoms with Gasteiger partial charge < -0.3 is 10.2 Å². The van der Waals surface area contributed by atoms with E-state index < -0.39 is 0 Å². The van der Waals surface area contributed by atoms with Crippen LogP contribution in [0, 0.1) is 5.92 Å². The molecular formula is C31H36ClN3O. The van der Waals surface area contributed by atoms with Crippen molar-refractivity contribution in [2.45, 2.75) is 64.0 Å². The van der Waals surface area contributed by atoms with Gasteiger partial charge in [-0.15, -0.1) is 0 Å². The van der Waals surface area contributed by atoms with Crippen molar-refractivity contribution in [3.8, 4) is 11.1 Å². The van der Waals surface area contributed by atoms with E-state index in [4.69, 9.17) is 11.6 Å². The maximum Gasteiger partial charge on any atom is 0.272 e. The molecule has 0 radical (unpaired) electrons. The lowest BCUT2D eigenvalue weighted by Crippen LogP contribution is -2.41. The molecule has 3 aromatic rings. The molecule has 5 rings (SSSR count). The minimum Gasteiger partial charge on any atom is -0.337 e. The third-order valence-corrected chi connectivity index (χ3v) is 8.24. The predicted molar refractivity (Wildman–Crippen MR) is 147 cm³/mol. The van der Waals surface area contributed by atoms with Gasteiger partial charge in [-0.2, -0.15) is 0 Å². The molecule has 1 N–H and O–H groups in total. The first-order valence-corrected chi connectivity index (χ1v) is 13.7. The van der Waals surface area contributed by atoms with E-state index in [1.807, 2.05) is 48.3 Å². The first-order valence-electron chi connectivity index (χ1n) is 13.4. The Morgan fingerprint density at radius 2 is 1.75 bits per heavy atom. The molecular weight excluding hydrogens is 466 g/mol. The average molecular weight is 502 g/mol. The quantitative estimate of drug-likeness (QED) is 0.391. The number of amides is 1. The number of nitrogens with zero attached hydrogens (tertiary/aromatic N) is 2. The van der Waals surface area contributed by atoms with E-state index in [2.05, 4.69) is 28.5 Å². The van der Waals surface area contributed by atoms with Gasteiger partial charge >= 0.3 is 0 Å². The summed E-state index contributed by atoms with van der Waals surface area (Å²) in [6.45, 7) is 2.09. The zero-order valence-electron chi connectivity index (χ0n) is 21.2. The Bertz CT molecular complexity index is 1170. The van der Waals surface area contributed by atoms with E-state index in [1.54, 1.807) is 6.20 Å². The molecule has 2 aliphatic rings. The molecule has 5 heteroatoms. The number of fused-ring (bicyclic) bond motifs is 1. The fraction of sp³-hybridized carbons (Fsp3) is 0.419. The molecule has 4 nitrogen and oxygen atoms in total. The second-order valence-electron chi connectivity index (χ2n) is 10.5. The van der Waals surface area contributed by atoms with Gasteiger partial charge in [0, 0.05) is 36.4 Å². The van der Waals surface area contributed by atoms with Gasteiger partial charge in [-0.05, 0) is 85.0 Å². The normalized spacial score (nSPS) is 18.0. The van der Waals surface area contributed by atoms with E-state index in [0.29, 0.717) is 10.7 Å². The Kier molecular flexibility index (Phi) is 8.03. The van der Waals surface area contributed by atoms with Crippen molar-refractivity contribution in [3.63, 3.8) is 0 Å². The summed E-state index contributed by atoms with van der Waals surface area (Å²) in [6, 6.07) is 18.5. The van der Waals surface area contributed by atoms with Crippen LogP contribution in [0.3, 0.4) is 0 Å². The number of halogens is 1. The van der Waals surface area contributed by atoms with Crippen LogP contribution >= 0.6 is 11.6 Å². The fourth-order valence-corrected chi connectivity index (χ4v) is 5.85. The number of hydrogen-bond acceptors (Lipinski definition) is 3. The largest absolute Gasteiger partial charge is 0.337 e. The molecule has 0 saturated heterocycles. The van der Waals surface area contributed by atoms with Gasteiger partial charge in [-0.25, -0.2) is 0 Å². The number of pyridine rings is 1. The molecule has 0 aliphatic heterocycles. The van der Waals surface area contributed by atoms with Crippen LogP contribution in [0.5, 0.6) is 0 Å². The minimum atomic E-state index is -0.0189. The van der Waals surface area contributed by atoms with E-state index in [9.17, 15) is 4.79 Å². The maximum absolute atomic E-state index is 13.2. The molecule has 1 unspecified atom stereocenters. The number of likely N-dealkylation sites (N-methyl/N-ethyl adjacent to an activating group) is 1. The molecule has 0 bridgehead atoms. The van der Waals surface area contributed by atoms with Crippen molar-refractivity contribution in [1.29, 1.82) is 0 Å². The summed E-state index contributed by atoms with van der Waals surface area (Å²) < 4.78 is 0.